The van der Waals surface area contributed by atoms with Crippen molar-refractivity contribution in [2.75, 3.05) is 6.54 Å². The number of piperidine rings is 1. The van der Waals surface area contributed by atoms with Crippen LogP contribution in [0.1, 0.15) is 12.8 Å². The summed E-state index contributed by atoms with van der Waals surface area (Å²) in [6.07, 6.45) is 3.75. The quantitative estimate of drug-likeness (QED) is 0.632. The van der Waals surface area contributed by atoms with E-state index < -0.39 is 16.1 Å². The zero-order valence-corrected chi connectivity index (χ0v) is 9.25. The van der Waals surface area contributed by atoms with Crippen molar-refractivity contribution in [2.24, 2.45) is 0 Å². The van der Waals surface area contributed by atoms with Gasteiger partial charge in [-0.2, -0.15) is 9.82 Å². The molecule has 1 aromatic rings. The molecule has 0 bridgehead atoms. The zero-order chi connectivity index (χ0) is 11.6. The van der Waals surface area contributed by atoms with Gasteiger partial charge in [0.2, 0.25) is 15.9 Å². The van der Waals surface area contributed by atoms with E-state index in [-0.39, 0.29) is 10.8 Å². The summed E-state index contributed by atoms with van der Waals surface area (Å²) in [7, 11) is -3.65. The third-order valence-electron chi connectivity index (χ3n) is 2.37. The first-order valence-electron chi connectivity index (χ1n) is 4.88. The molecule has 0 aromatic carbocycles. The van der Waals surface area contributed by atoms with Crippen LogP contribution in [0.15, 0.2) is 17.3 Å². The number of hydrogen-bond acceptors (Lipinski definition) is 4. The van der Waals surface area contributed by atoms with Crippen LogP contribution in [-0.4, -0.2) is 37.1 Å². The Kier molecular flexibility index (Phi) is 2.92. The van der Waals surface area contributed by atoms with E-state index in [0.29, 0.717) is 13.0 Å². The second kappa shape index (κ2) is 4.22. The molecular formula is C8H12N4O3S. The number of aromatic nitrogens is 2. The molecule has 1 amide bonds. The lowest BCUT2D eigenvalue weighted by molar-refractivity contribution is -0.124. The number of sulfonamides is 1. The first-order chi connectivity index (χ1) is 7.59. The first kappa shape index (κ1) is 11.1. The van der Waals surface area contributed by atoms with Crippen molar-refractivity contribution < 1.29 is 13.2 Å². The molecule has 7 nitrogen and oxygen atoms in total. The molecule has 1 fully saturated rings. The summed E-state index contributed by atoms with van der Waals surface area (Å²) in [4.78, 5) is 11.4. The second-order valence-corrected chi connectivity index (χ2v) is 5.26. The summed E-state index contributed by atoms with van der Waals surface area (Å²) >= 11 is 0. The van der Waals surface area contributed by atoms with Crippen molar-refractivity contribution >= 4 is 15.9 Å². The lowest BCUT2D eigenvalue weighted by Crippen LogP contribution is -2.50. The van der Waals surface area contributed by atoms with Crippen LogP contribution in [0, 0.1) is 0 Å². The number of hydrogen-bond donors (Lipinski definition) is 3. The third kappa shape index (κ3) is 2.22. The van der Waals surface area contributed by atoms with Crippen molar-refractivity contribution in [1.29, 1.82) is 0 Å². The van der Waals surface area contributed by atoms with Crippen LogP contribution in [0.4, 0.5) is 0 Å². The van der Waals surface area contributed by atoms with Gasteiger partial charge in [0, 0.05) is 12.7 Å². The molecule has 3 N–H and O–H groups in total. The maximum atomic E-state index is 11.8. The van der Waals surface area contributed by atoms with Gasteiger partial charge in [0.05, 0.1) is 6.20 Å². The number of rotatable bonds is 3. The molecule has 1 aliphatic heterocycles. The Bertz CT molecular complexity index is 467. The van der Waals surface area contributed by atoms with Gasteiger partial charge in [-0.25, -0.2) is 8.42 Å². The molecule has 0 radical (unpaired) electrons. The Morgan fingerprint density at radius 1 is 1.50 bits per heavy atom. The number of amides is 1. The molecule has 16 heavy (non-hydrogen) atoms. The molecule has 2 heterocycles. The minimum absolute atomic E-state index is 0.0332. The molecular weight excluding hydrogens is 232 g/mol. The van der Waals surface area contributed by atoms with Crippen LogP contribution >= 0.6 is 0 Å². The van der Waals surface area contributed by atoms with Crippen LogP contribution in [0.3, 0.4) is 0 Å². The van der Waals surface area contributed by atoms with Crippen molar-refractivity contribution in [2.45, 2.75) is 23.8 Å². The van der Waals surface area contributed by atoms with E-state index in [1.165, 1.54) is 12.4 Å². The maximum absolute atomic E-state index is 11.8. The molecule has 2 rings (SSSR count). The van der Waals surface area contributed by atoms with E-state index in [0.717, 1.165) is 6.42 Å². The molecule has 8 heteroatoms. The zero-order valence-electron chi connectivity index (χ0n) is 8.43. The summed E-state index contributed by atoms with van der Waals surface area (Å²) in [5, 5.41) is 8.58. The highest BCUT2D eigenvalue weighted by Crippen LogP contribution is 2.09. The van der Waals surface area contributed by atoms with Gasteiger partial charge in [-0.3, -0.25) is 9.89 Å². The van der Waals surface area contributed by atoms with Gasteiger partial charge in [0.1, 0.15) is 10.9 Å². The highest BCUT2D eigenvalue weighted by molar-refractivity contribution is 7.89. The minimum atomic E-state index is -3.65. The monoisotopic (exact) mass is 244 g/mol. The van der Waals surface area contributed by atoms with Gasteiger partial charge in [-0.05, 0) is 12.8 Å². The van der Waals surface area contributed by atoms with E-state index in [9.17, 15) is 13.2 Å². The normalized spacial score (nSPS) is 21.8. The number of H-pyrrole nitrogens is 1. The summed E-state index contributed by atoms with van der Waals surface area (Å²) in [5.74, 6) is -0.279. The lowest BCUT2D eigenvalue weighted by Gasteiger charge is -2.22. The van der Waals surface area contributed by atoms with E-state index in [1.807, 2.05) is 0 Å². The number of aromatic amines is 1. The topological polar surface area (TPSA) is 104 Å². The van der Waals surface area contributed by atoms with Crippen LogP contribution in [0.25, 0.3) is 0 Å². The van der Waals surface area contributed by atoms with Gasteiger partial charge in [0.15, 0.2) is 0 Å². The Balaban J connectivity index is 2.12. The average Bonchev–Trinajstić information content (AvgIpc) is 2.75. The smallest absolute Gasteiger partial charge is 0.244 e. The largest absolute Gasteiger partial charge is 0.355 e. The predicted octanol–water partition coefficient (Wildman–Crippen LogP) is -1.03. The van der Waals surface area contributed by atoms with Gasteiger partial charge in [-0.1, -0.05) is 0 Å². The minimum Gasteiger partial charge on any atom is -0.355 e. The van der Waals surface area contributed by atoms with Crippen LogP contribution in [0.2, 0.25) is 0 Å². The fourth-order valence-corrected chi connectivity index (χ4v) is 2.66. The van der Waals surface area contributed by atoms with E-state index in [2.05, 4.69) is 20.2 Å². The first-order valence-corrected chi connectivity index (χ1v) is 6.37. The van der Waals surface area contributed by atoms with Crippen molar-refractivity contribution in [3.63, 3.8) is 0 Å². The van der Waals surface area contributed by atoms with Gasteiger partial charge in [-0.15, -0.1) is 0 Å². The molecule has 88 valence electrons. The summed E-state index contributed by atoms with van der Waals surface area (Å²) < 4.78 is 25.9. The van der Waals surface area contributed by atoms with E-state index in [1.54, 1.807) is 0 Å². The van der Waals surface area contributed by atoms with E-state index in [4.69, 9.17) is 0 Å². The van der Waals surface area contributed by atoms with E-state index >= 15 is 0 Å². The molecule has 1 atom stereocenters. The molecule has 1 aromatic heterocycles. The van der Waals surface area contributed by atoms with Crippen molar-refractivity contribution in [3.8, 4) is 0 Å². The highest BCUT2D eigenvalue weighted by atomic mass is 32.2. The number of nitrogens with one attached hydrogen (secondary N) is 3. The highest BCUT2D eigenvalue weighted by Gasteiger charge is 2.27. The Morgan fingerprint density at radius 2 is 2.31 bits per heavy atom. The SMILES string of the molecule is O=C1NCCCC1NS(=O)(=O)c1cn[nH]c1. The standard InChI is InChI=1S/C8H12N4O3S/c13-8-7(2-1-3-9-8)12-16(14,15)6-4-10-11-5-6/h4-5,7,12H,1-3H2,(H,9,13)(H,10,11). The fourth-order valence-electron chi connectivity index (χ4n) is 1.53. The summed E-state index contributed by atoms with van der Waals surface area (Å²) in [6, 6.07) is -0.686. The molecule has 0 spiro atoms. The Labute approximate surface area is 92.7 Å². The molecule has 1 unspecified atom stereocenters. The van der Waals surface area contributed by atoms with Crippen molar-refractivity contribution in [1.82, 2.24) is 20.2 Å². The lowest BCUT2D eigenvalue weighted by atomic mass is 10.1. The Morgan fingerprint density at radius 3 is 2.94 bits per heavy atom. The Hall–Kier alpha value is -1.41. The average molecular weight is 244 g/mol. The fraction of sp³-hybridized carbons (Fsp3) is 0.500. The maximum Gasteiger partial charge on any atom is 0.244 e. The summed E-state index contributed by atoms with van der Waals surface area (Å²) in [6.45, 7) is 0.600. The second-order valence-electron chi connectivity index (χ2n) is 3.54. The van der Waals surface area contributed by atoms with Crippen LogP contribution in [-0.2, 0) is 14.8 Å². The molecule has 1 aliphatic rings. The van der Waals surface area contributed by atoms with Crippen LogP contribution in [0.5, 0.6) is 0 Å². The van der Waals surface area contributed by atoms with Crippen molar-refractivity contribution in [3.05, 3.63) is 12.4 Å². The number of carbonyl (C=O) groups is 1. The summed E-state index contributed by atoms with van der Waals surface area (Å²) in [5.41, 5.74) is 0. The number of carbonyl (C=O) groups excluding carboxylic acids is 1. The van der Waals surface area contributed by atoms with Gasteiger partial charge in [0.25, 0.3) is 0 Å². The molecule has 1 saturated heterocycles. The third-order valence-corrected chi connectivity index (χ3v) is 3.80. The van der Waals surface area contributed by atoms with Gasteiger partial charge >= 0.3 is 0 Å². The molecule has 0 aliphatic carbocycles. The number of nitrogens with zero attached hydrogens (tertiary/aromatic N) is 1. The predicted molar refractivity (Wildman–Crippen MR) is 54.9 cm³/mol. The molecule has 0 saturated carbocycles. The van der Waals surface area contributed by atoms with Crippen LogP contribution < -0.4 is 10.0 Å². The van der Waals surface area contributed by atoms with Gasteiger partial charge < -0.3 is 5.32 Å².